The Morgan fingerprint density at radius 1 is 0.735 bits per heavy atom. The van der Waals surface area contributed by atoms with Gasteiger partial charge >= 0.3 is 0 Å². The molecule has 0 unspecified atom stereocenters. The molecule has 3 rings (SSSR count). The Morgan fingerprint density at radius 2 is 1.24 bits per heavy atom. The van der Waals surface area contributed by atoms with Crippen molar-refractivity contribution in [2.24, 2.45) is 10.4 Å². The molecule has 0 atom stereocenters. The fourth-order valence-electron chi connectivity index (χ4n) is 2.72. The maximum absolute atomic E-state index is 14.1. The van der Waals surface area contributed by atoms with Gasteiger partial charge in [0.05, 0.1) is 23.4 Å². The van der Waals surface area contributed by atoms with Crippen LogP contribution in [0.4, 0.5) is 31.5 Å². The smallest absolute Gasteiger partial charge is 0.265 e. The lowest BCUT2D eigenvalue weighted by Crippen LogP contribution is -2.18. The zero-order chi connectivity index (χ0) is 25.1. The average molecular weight is 512 g/mol. The minimum absolute atomic E-state index is 0.270. The van der Waals surface area contributed by atoms with Gasteiger partial charge in [0.15, 0.2) is 0 Å². The third kappa shape index (κ3) is 5.15. The van der Waals surface area contributed by atoms with Crippen LogP contribution in [0.2, 0.25) is 0 Å². The van der Waals surface area contributed by atoms with Gasteiger partial charge in [-0.25, -0.2) is 25.6 Å². The van der Waals surface area contributed by atoms with Gasteiger partial charge < -0.3 is 4.74 Å². The van der Waals surface area contributed by atoms with Gasteiger partial charge in [-0.3, -0.25) is 9.44 Å². The minimum Gasteiger partial charge on any atom is -0.495 e. The number of sulfonamides is 2. The van der Waals surface area contributed by atoms with Crippen LogP contribution in [0.1, 0.15) is 0 Å². The number of hydrogen-bond acceptors (Lipinski definition) is 9. The molecular weight excluding hydrogens is 498 g/mol. The van der Waals surface area contributed by atoms with Gasteiger partial charge in [0.2, 0.25) is 0 Å². The summed E-state index contributed by atoms with van der Waals surface area (Å²) in [6.45, 7) is 0. The Morgan fingerprint density at radius 3 is 1.68 bits per heavy atom. The van der Waals surface area contributed by atoms with Gasteiger partial charge in [-0.2, -0.15) is 0 Å². The van der Waals surface area contributed by atoms with E-state index >= 15 is 0 Å². The maximum Gasteiger partial charge on any atom is 0.265 e. The van der Waals surface area contributed by atoms with Gasteiger partial charge in [-0.1, -0.05) is 0 Å². The van der Waals surface area contributed by atoms with E-state index in [0.29, 0.717) is 12.1 Å². The monoisotopic (exact) mass is 512 g/mol. The largest absolute Gasteiger partial charge is 0.495 e. The zero-order valence-corrected chi connectivity index (χ0v) is 18.7. The van der Waals surface area contributed by atoms with Crippen molar-refractivity contribution >= 4 is 42.8 Å². The summed E-state index contributed by atoms with van der Waals surface area (Å²) in [7, 11) is -8.00. The third-order valence-corrected chi connectivity index (χ3v) is 7.09. The topological polar surface area (TPSA) is 160 Å². The Balaban J connectivity index is 2.01. The van der Waals surface area contributed by atoms with Crippen LogP contribution in [0.15, 0.2) is 74.7 Å². The maximum atomic E-state index is 14.1. The van der Waals surface area contributed by atoms with E-state index in [9.17, 15) is 35.4 Å². The Labute approximate surface area is 191 Å². The van der Waals surface area contributed by atoms with Crippen molar-refractivity contribution in [3.63, 3.8) is 0 Å². The number of nitrogens with zero attached hydrogens (tertiary/aromatic N) is 2. The zero-order valence-electron chi connectivity index (χ0n) is 17.0. The summed E-state index contributed by atoms with van der Waals surface area (Å²) in [5.74, 6) is -2.47. The Kier molecular flexibility index (Phi) is 6.88. The highest BCUT2D eigenvalue weighted by Crippen LogP contribution is 2.31. The molecule has 0 heterocycles. The number of hydrogen-bond donors (Lipinski definition) is 2. The van der Waals surface area contributed by atoms with Crippen molar-refractivity contribution in [3.05, 3.63) is 76.0 Å². The van der Waals surface area contributed by atoms with E-state index < -0.39 is 52.8 Å². The van der Waals surface area contributed by atoms with E-state index in [1.165, 1.54) is 0 Å². The number of methoxy groups -OCH3 is 1. The number of halogens is 2. The van der Waals surface area contributed by atoms with Gasteiger partial charge in [0, 0.05) is 12.1 Å². The van der Waals surface area contributed by atoms with Crippen LogP contribution in [-0.4, -0.2) is 23.9 Å². The van der Waals surface area contributed by atoms with Crippen molar-refractivity contribution in [1.82, 2.24) is 0 Å². The fraction of sp³-hybridized carbons (Fsp3) is 0.0526. The molecule has 3 aromatic carbocycles. The van der Waals surface area contributed by atoms with E-state index in [1.54, 1.807) is 0 Å². The molecular formula is C19H14F2N4O7S2. The molecule has 34 heavy (non-hydrogen) atoms. The van der Waals surface area contributed by atoms with E-state index in [2.05, 4.69) is 10.4 Å². The van der Waals surface area contributed by atoms with Crippen LogP contribution in [0, 0.1) is 21.4 Å². The third-order valence-electron chi connectivity index (χ3n) is 4.34. The van der Waals surface area contributed by atoms with Crippen LogP contribution in [0.3, 0.4) is 0 Å². The first-order valence-electron chi connectivity index (χ1n) is 9.00. The Hall–Kier alpha value is -3.98. The quantitative estimate of drug-likeness (QED) is 0.402. The van der Waals surface area contributed by atoms with Crippen LogP contribution in [0.5, 0.6) is 5.75 Å². The molecule has 3 aromatic rings. The molecule has 0 aliphatic heterocycles. The molecule has 178 valence electrons. The number of nitrogens with one attached hydrogen (secondary N) is 2. The second-order valence-corrected chi connectivity index (χ2v) is 9.87. The average Bonchev–Trinajstić information content (AvgIpc) is 2.81. The van der Waals surface area contributed by atoms with Gasteiger partial charge in [-0.15, -0.1) is 9.81 Å². The second kappa shape index (κ2) is 9.48. The lowest BCUT2D eigenvalue weighted by Gasteiger charge is -2.14. The van der Waals surface area contributed by atoms with E-state index in [0.717, 1.165) is 49.6 Å². The van der Waals surface area contributed by atoms with Crippen molar-refractivity contribution in [2.45, 2.75) is 9.79 Å². The van der Waals surface area contributed by atoms with E-state index in [-0.39, 0.29) is 17.1 Å². The molecule has 11 nitrogen and oxygen atoms in total. The highest BCUT2D eigenvalue weighted by molar-refractivity contribution is 7.93. The minimum atomic E-state index is -4.61. The van der Waals surface area contributed by atoms with Crippen molar-refractivity contribution in [1.29, 1.82) is 0 Å². The summed E-state index contributed by atoms with van der Waals surface area (Å²) in [6, 6.07) is 8.23. The lowest BCUT2D eigenvalue weighted by molar-refractivity contribution is 0.402. The van der Waals surface area contributed by atoms with Crippen LogP contribution >= 0.6 is 0 Å². The van der Waals surface area contributed by atoms with Crippen LogP contribution in [0.25, 0.3) is 0 Å². The van der Waals surface area contributed by atoms with Gasteiger partial charge in [0.25, 0.3) is 20.0 Å². The number of benzene rings is 3. The van der Waals surface area contributed by atoms with Gasteiger partial charge in [-0.05, 0) is 52.8 Å². The second-order valence-electron chi connectivity index (χ2n) is 6.53. The number of anilines is 2. The summed E-state index contributed by atoms with van der Waals surface area (Å²) < 4.78 is 88.4. The molecule has 0 spiro atoms. The van der Waals surface area contributed by atoms with Crippen molar-refractivity contribution in [3.8, 4) is 5.75 Å². The predicted octanol–water partition coefficient (Wildman–Crippen LogP) is 4.37. The molecule has 0 radical (unpaired) electrons. The molecule has 0 bridgehead atoms. The first-order chi connectivity index (χ1) is 16.0. The Bertz CT molecular complexity index is 1500. The summed E-state index contributed by atoms with van der Waals surface area (Å²) >= 11 is 0. The van der Waals surface area contributed by atoms with Crippen LogP contribution < -0.4 is 14.2 Å². The molecule has 0 amide bonds. The summed E-state index contributed by atoms with van der Waals surface area (Å²) in [6.07, 6.45) is 0. The molecule has 0 aliphatic rings. The van der Waals surface area contributed by atoms with Crippen molar-refractivity contribution < 1.29 is 30.4 Å². The molecule has 0 saturated heterocycles. The standard InChI is InChI=1S/C19H14F2N4O7S2/c1-32-18-7-4-13(33(28,29)24-16-5-2-11(22-26)8-14(16)20)10-19(18)34(30,31)25-17-6-3-12(23-27)9-15(17)21/h2-10,24-25H,1H3. The number of rotatable bonds is 9. The normalized spacial score (nSPS) is 11.5. The first kappa shape index (κ1) is 24.7. The SMILES string of the molecule is COc1ccc(S(=O)(=O)Nc2ccc(N=O)cc2F)cc1S(=O)(=O)Nc1ccc(N=O)cc1F. The van der Waals surface area contributed by atoms with E-state index in [1.807, 2.05) is 9.44 Å². The summed E-state index contributed by atoms with van der Waals surface area (Å²) in [4.78, 5) is 19.7. The number of nitroso groups, excluding NO2 is 2. The highest BCUT2D eigenvalue weighted by Gasteiger charge is 2.26. The lowest BCUT2D eigenvalue weighted by atomic mass is 10.3. The molecule has 15 heteroatoms. The van der Waals surface area contributed by atoms with Crippen LogP contribution in [-0.2, 0) is 20.0 Å². The predicted molar refractivity (Wildman–Crippen MR) is 118 cm³/mol. The molecule has 0 saturated carbocycles. The van der Waals surface area contributed by atoms with Gasteiger partial charge in [0.1, 0.15) is 33.7 Å². The van der Waals surface area contributed by atoms with E-state index in [4.69, 9.17) is 4.74 Å². The highest BCUT2D eigenvalue weighted by atomic mass is 32.2. The molecule has 0 aromatic heterocycles. The molecule has 0 aliphatic carbocycles. The fourth-order valence-corrected chi connectivity index (χ4v) is 5.16. The summed E-state index contributed by atoms with van der Waals surface area (Å²) in [5, 5.41) is 5.07. The molecule has 2 N–H and O–H groups in total. The summed E-state index contributed by atoms with van der Waals surface area (Å²) in [5.41, 5.74) is -1.60. The number of ether oxygens (including phenoxy) is 1. The first-order valence-corrected chi connectivity index (χ1v) is 12.0. The van der Waals surface area contributed by atoms with Crippen molar-refractivity contribution in [2.75, 3.05) is 16.6 Å². The molecule has 0 fully saturated rings.